The van der Waals surface area contributed by atoms with Crippen LogP contribution in [0.1, 0.15) is 35.8 Å². The highest BCUT2D eigenvalue weighted by molar-refractivity contribution is 9.10. The average molecular weight is 339 g/mol. The smallest absolute Gasteiger partial charge is 0.353 e. The third-order valence-corrected chi connectivity index (χ3v) is 3.61. The SMILES string of the molecule is COc1c(Br)cc(C(C)C)cc1-c1cc(C(=O)O)[nH]n1. The Kier molecular flexibility index (Phi) is 4.13. The van der Waals surface area contributed by atoms with Gasteiger partial charge in [-0.1, -0.05) is 13.8 Å². The van der Waals surface area contributed by atoms with Gasteiger partial charge in [0.05, 0.1) is 17.3 Å². The number of ether oxygens (including phenoxy) is 1. The number of carboxylic acids is 1. The molecule has 0 aliphatic carbocycles. The van der Waals surface area contributed by atoms with Crippen molar-refractivity contribution in [3.8, 4) is 17.0 Å². The van der Waals surface area contributed by atoms with Crippen molar-refractivity contribution in [2.24, 2.45) is 0 Å². The summed E-state index contributed by atoms with van der Waals surface area (Å²) >= 11 is 3.48. The summed E-state index contributed by atoms with van der Waals surface area (Å²) in [6, 6.07) is 5.46. The van der Waals surface area contributed by atoms with Crippen LogP contribution in [0.4, 0.5) is 0 Å². The lowest BCUT2D eigenvalue weighted by molar-refractivity contribution is 0.0690. The molecule has 1 aromatic heterocycles. The highest BCUT2D eigenvalue weighted by atomic mass is 79.9. The van der Waals surface area contributed by atoms with Crippen molar-refractivity contribution in [3.63, 3.8) is 0 Å². The van der Waals surface area contributed by atoms with Gasteiger partial charge in [0.25, 0.3) is 0 Å². The molecule has 0 spiro atoms. The van der Waals surface area contributed by atoms with E-state index in [9.17, 15) is 4.79 Å². The summed E-state index contributed by atoms with van der Waals surface area (Å²) in [4.78, 5) is 10.9. The Morgan fingerprint density at radius 2 is 2.10 bits per heavy atom. The number of carbonyl (C=O) groups is 1. The minimum absolute atomic E-state index is 0.0492. The molecule has 1 aromatic carbocycles. The fourth-order valence-corrected chi connectivity index (χ4v) is 2.55. The first-order valence-corrected chi connectivity index (χ1v) is 6.89. The Bertz CT molecular complexity index is 650. The number of methoxy groups -OCH3 is 1. The van der Waals surface area contributed by atoms with E-state index >= 15 is 0 Å². The van der Waals surface area contributed by atoms with Crippen molar-refractivity contribution in [1.82, 2.24) is 10.2 Å². The highest BCUT2D eigenvalue weighted by Crippen LogP contribution is 2.38. The fraction of sp³-hybridized carbons (Fsp3) is 0.286. The number of H-pyrrole nitrogens is 1. The third-order valence-electron chi connectivity index (χ3n) is 3.02. The molecule has 0 saturated carbocycles. The Morgan fingerprint density at radius 1 is 1.40 bits per heavy atom. The zero-order chi connectivity index (χ0) is 14.9. The van der Waals surface area contributed by atoms with Gasteiger partial charge in [0.2, 0.25) is 0 Å². The molecule has 0 unspecified atom stereocenters. The normalized spacial score (nSPS) is 10.8. The average Bonchev–Trinajstić information content (AvgIpc) is 2.87. The zero-order valence-electron chi connectivity index (χ0n) is 11.4. The van der Waals surface area contributed by atoms with Crippen LogP contribution in [0.15, 0.2) is 22.7 Å². The van der Waals surface area contributed by atoms with Crippen LogP contribution in [0.25, 0.3) is 11.3 Å². The van der Waals surface area contributed by atoms with Gasteiger partial charge in [-0.2, -0.15) is 5.10 Å². The molecule has 0 saturated heterocycles. The van der Waals surface area contributed by atoms with Crippen LogP contribution < -0.4 is 4.74 Å². The van der Waals surface area contributed by atoms with E-state index in [0.29, 0.717) is 17.4 Å². The van der Waals surface area contributed by atoms with E-state index in [0.717, 1.165) is 15.6 Å². The molecule has 0 amide bonds. The van der Waals surface area contributed by atoms with Crippen LogP contribution in [-0.2, 0) is 0 Å². The first-order chi connectivity index (χ1) is 9.43. The van der Waals surface area contributed by atoms with Crippen molar-refractivity contribution < 1.29 is 14.6 Å². The molecule has 0 aliphatic heterocycles. The van der Waals surface area contributed by atoms with Gasteiger partial charge < -0.3 is 9.84 Å². The van der Waals surface area contributed by atoms with Crippen molar-refractivity contribution in [1.29, 1.82) is 0 Å². The molecule has 2 rings (SSSR count). The maximum Gasteiger partial charge on any atom is 0.353 e. The summed E-state index contributed by atoms with van der Waals surface area (Å²) in [5.74, 6) is -0.0616. The second-order valence-corrected chi connectivity index (χ2v) is 5.56. The molecule has 0 atom stereocenters. The summed E-state index contributed by atoms with van der Waals surface area (Å²) in [7, 11) is 1.57. The van der Waals surface area contributed by atoms with Gasteiger partial charge in [-0.05, 0) is 45.6 Å². The monoisotopic (exact) mass is 338 g/mol. The first-order valence-electron chi connectivity index (χ1n) is 6.10. The second-order valence-electron chi connectivity index (χ2n) is 4.71. The van der Waals surface area contributed by atoms with E-state index in [1.54, 1.807) is 7.11 Å². The summed E-state index contributed by atoms with van der Waals surface area (Å²) < 4.78 is 6.21. The number of aromatic amines is 1. The minimum atomic E-state index is -1.04. The molecule has 6 heteroatoms. The van der Waals surface area contributed by atoms with Gasteiger partial charge in [-0.3, -0.25) is 5.10 Å². The van der Waals surface area contributed by atoms with Gasteiger partial charge in [-0.25, -0.2) is 4.79 Å². The maximum absolute atomic E-state index is 10.9. The van der Waals surface area contributed by atoms with Gasteiger partial charge >= 0.3 is 5.97 Å². The molecule has 0 bridgehead atoms. The quantitative estimate of drug-likeness (QED) is 0.891. The van der Waals surface area contributed by atoms with Crippen LogP contribution >= 0.6 is 15.9 Å². The van der Waals surface area contributed by atoms with Gasteiger partial charge in [-0.15, -0.1) is 0 Å². The number of nitrogens with zero attached hydrogens (tertiary/aromatic N) is 1. The standard InChI is InChI=1S/C14H15BrN2O3/c1-7(2)8-4-9(13(20-3)10(15)5-8)11-6-12(14(18)19)17-16-11/h4-7H,1-3H3,(H,16,17)(H,18,19). The zero-order valence-corrected chi connectivity index (χ0v) is 13.0. The Balaban J connectivity index is 2.60. The molecule has 20 heavy (non-hydrogen) atoms. The predicted molar refractivity (Wildman–Crippen MR) is 79.3 cm³/mol. The number of rotatable bonds is 4. The lowest BCUT2D eigenvalue weighted by Crippen LogP contribution is -1.95. The van der Waals surface area contributed by atoms with Gasteiger partial charge in [0.1, 0.15) is 11.4 Å². The molecular formula is C14H15BrN2O3. The molecule has 2 aromatic rings. The number of benzene rings is 1. The Hall–Kier alpha value is -1.82. The van der Waals surface area contributed by atoms with Crippen molar-refractivity contribution in [3.05, 3.63) is 33.9 Å². The number of hydrogen-bond donors (Lipinski definition) is 2. The topological polar surface area (TPSA) is 75.2 Å². The van der Waals surface area contributed by atoms with Crippen LogP contribution in [0.2, 0.25) is 0 Å². The van der Waals surface area contributed by atoms with E-state index in [-0.39, 0.29) is 5.69 Å². The number of aromatic nitrogens is 2. The number of hydrogen-bond acceptors (Lipinski definition) is 3. The Labute approximate surface area is 125 Å². The maximum atomic E-state index is 10.9. The van der Waals surface area contributed by atoms with Crippen LogP contribution in [0.5, 0.6) is 5.75 Å². The number of nitrogens with one attached hydrogen (secondary N) is 1. The second kappa shape index (κ2) is 5.66. The van der Waals surface area contributed by atoms with Crippen LogP contribution in [0, 0.1) is 0 Å². The summed E-state index contributed by atoms with van der Waals surface area (Å²) in [6.07, 6.45) is 0. The molecule has 106 valence electrons. The van der Waals surface area contributed by atoms with E-state index in [1.165, 1.54) is 6.07 Å². The molecule has 5 nitrogen and oxygen atoms in total. The number of halogens is 1. The first kappa shape index (κ1) is 14.6. The van der Waals surface area contributed by atoms with E-state index in [1.807, 2.05) is 12.1 Å². The van der Waals surface area contributed by atoms with E-state index in [4.69, 9.17) is 9.84 Å². The van der Waals surface area contributed by atoms with Crippen LogP contribution in [-0.4, -0.2) is 28.4 Å². The largest absolute Gasteiger partial charge is 0.495 e. The summed E-state index contributed by atoms with van der Waals surface area (Å²) in [6.45, 7) is 4.18. The van der Waals surface area contributed by atoms with Crippen molar-refractivity contribution >= 4 is 21.9 Å². The lowest BCUT2D eigenvalue weighted by atomic mass is 9.99. The third kappa shape index (κ3) is 2.70. The molecule has 2 N–H and O–H groups in total. The fourth-order valence-electron chi connectivity index (χ4n) is 1.91. The van der Waals surface area contributed by atoms with E-state index < -0.39 is 5.97 Å². The highest BCUT2D eigenvalue weighted by Gasteiger charge is 2.17. The van der Waals surface area contributed by atoms with Gasteiger partial charge in [0.15, 0.2) is 0 Å². The summed E-state index contributed by atoms with van der Waals surface area (Å²) in [5, 5.41) is 15.5. The summed E-state index contributed by atoms with van der Waals surface area (Å²) in [5.41, 5.74) is 2.47. The minimum Gasteiger partial charge on any atom is -0.495 e. The van der Waals surface area contributed by atoms with Crippen LogP contribution in [0.3, 0.4) is 0 Å². The van der Waals surface area contributed by atoms with Crippen molar-refractivity contribution in [2.75, 3.05) is 7.11 Å². The lowest BCUT2D eigenvalue weighted by Gasteiger charge is -2.13. The van der Waals surface area contributed by atoms with Crippen molar-refractivity contribution in [2.45, 2.75) is 19.8 Å². The molecule has 0 aliphatic rings. The number of aromatic carboxylic acids is 1. The van der Waals surface area contributed by atoms with E-state index in [2.05, 4.69) is 40.0 Å². The molecule has 0 fully saturated rings. The molecule has 0 radical (unpaired) electrons. The number of carboxylic acid groups (broad SMARTS) is 1. The Morgan fingerprint density at radius 3 is 2.60 bits per heavy atom. The molecular weight excluding hydrogens is 324 g/mol. The molecule has 1 heterocycles. The van der Waals surface area contributed by atoms with Gasteiger partial charge in [0, 0.05) is 5.56 Å². The predicted octanol–water partition coefficient (Wildman–Crippen LogP) is 3.67.